The largest absolute Gasteiger partial charge is 0.330 e. The Morgan fingerprint density at radius 1 is 1.36 bits per heavy atom. The van der Waals surface area contributed by atoms with Crippen LogP contribution < -0.4 is 5.73 Å². The van der Waals surface area contributed by atoms with Gasteiger partial charge in [0, 0.05) is 23.9 Å². The van der Waals surface area contributed by atoms with Gasteiger partial charge in [0.1, 0.15) is 5.82 Å². The van der Waals surface area contributed by atoms with E-state index >= 15 is 0 Å². The number of aromatic nitrogens is 2. The maximum Gasteiger partial charge on any atom is 0.133 e. The molecule has 0 spiro atoms. The zero-order valence-electron chi connectivity index (χ0n) is 9.25. The third-order valence-corrected chi connectivity index (χ3v) is 2.43. The van der Waals surface area contributed by atoms with Gasteiger partial charge in [0.15, 0.2) is 0 Å². The molecule has 78 valence electrons. The average Bonchev–Trinajstić information content (AvgIpc) is 2.19. The van der Waals surface area contributed by atoms with Crippen LogP contribution in [0.15, 0.2) is 6.07 Å². The second-order valence-electron chi connectivity index (χ2n) is 3.55. The van der Waals surface area contributed by atoms with E-state index in [-0.39, 0.29) is 0 Å². The normalized spacial score (nSPS) is 12.9. The maximum absolute atomic E-state index is 5.68. The fourth-order valence-corrected chi connectivity index (χ4v) is 1.48. The second kappa shape index (κ2) is 5.05. The van der Waals surface area contributed by atoms with Crippen LogP contribution in [-0.4, -0.2) is 16.5 Å². The molecule has 0 amide bonds. The molecule has 0 saturated heterocycles. The summed E-state index contributed by atoms with van der Waals surface area (Å²) in [7, 11) is 0. The monoisotopic (exact) mass is 193 g/mol. The Morgan fingerprint density at radius 2 is 2.07 bits per heavy atom. The van der Waals surface area contributed by atoms with Crippen molar-refractivity contribution in [1.29, 1.82) is 0 Å². The minimum absolute atomic E-state index is 0.306. The van der Waals surface area contributed by atoms with Gasteiger partial charge < -0.3 is 5.73 Å². The van der Waals surface area contributed by atoms with E-state index in [0.717, 1.165) is 30.1 Å². The van der Waals surface area contributed by atoms with Crippen LogP contribution >= 0.6 is 0 Å². The number of hydrogen-bond donors (Lipinski definition) is 1. The number of aryl methyl sites for hydroxylation is 2. The van der Waals surface area contributed by atoms with Crippen molar-refractivity contribution in [2.45, 2.75) is 39.5 Å². The predicted octanol–water partition coefficient (Wildman–Crippen LogP) is 1.80. The van der Waals surface area contributed by atoms with Gasteiger partial charge >= 0.3 is 0 Å². The van der Waals surface area contributed by atoms with Gasteiger partial charge in [-0.1, -0.05) is 13.8 Å². The summed E-state index contributed by atoms with van der Waals surface area (Å²) in [5.41, 5.74) is 7.83. The first-order valence-corrected chi connectivity index (χ1v) is 5.25. The SMILES string of the molecule is CCc1cc(C)nc(C(CC)CN)n1. The maximum atomic E-state index is 5.68. The molecule has 1 atom stereocenters. The van der Waals surface area contributed by atoms with Crippen LogP contribution in [0.4, 0.5) is 0 Å². The highest BCUT2D eigenvalue weighted by Crippen LogP contribution is 2.14. The van der Waals surface area contributed by atoms with Crippen LogP contribution in [0.5, 0.6) is 0 Å². The summed E-state index contributed by atoms with van der Waals surface area (Å²) in [6.07, 6.45) is 1.96. The number of hydrogen-bond acceptors (Lipinski definition) is 3. The van der Waals surface area contributed by atoms with E-state index in [1.807, 2.05) is 13.0 Å². The summed E-state index contributed by atoms with van der Waals surface area (Å²) in [5, 5.41) is 0. The molecule has 0 aliphatic carbocycles. The van der Waals surface area contributed by atoms with Gasteiger partial charge in [0.25, 0.3) is 0 Å². The van der Waals surface area contributed by atoms with Crippen molar-refractivity contribution >= 4 is 0 Å². The number of rotatable bonds is 4. The van der Waals surface area contributed by atoms with Crippen molar-refractivity contribution in [3.63, 3.8) is 0 Å². The fourth-order valence-electron chi connectivity index (χ4n) is 1.48. The highest BCUT2D eigenvalue weighted by Gasteiger charge is 2.11. The van der Waals surface area contributed by atoms with Crippen molar-refractivity contribution in [2.75, 3.05) is 6.54 Å². The molecule has 0 radical (unpaired) electrons. The number of nitrogens with two attached hydrogens (primary N) is 1. The first-order chi connectivity index (χ1) is 6.71. The van der Waals surface area contributed by atoms with E-state index in [2.05, 4.69) is 23.8 Å². The molecule has 1 heterocycles. The summed E-state index contributed by atoms with van der Waals surface area (Å²) in [5.74, 6) is 1.21. The Morgan fingerprint density at radius 3 is 2.57 bits per heavy atom. The molecule has 1 unspecified atom stereocenters. The van der Waals surface area contributed by atoms with Crippen molar-refractivity contribution in [2.24, 2.45) is 5.73 Å². The molecule has 0 saturated carbocycles. The van der Waals surface area contributed by atoms with E-state index in [1.54, 1.807) is 0 Å². The molecule has 0 aliphatic heterocycles. The highest BCUT2D eigenvalue weighted by molar-refractivity contribution is 5.12. The molecule has 1 aromatic rings. The Hall–Kier alpha value is -0.960. The van der Waals surface area contributed by atoms with E-state index in [0.29, 0.717) is 12.5 Å². The standard InChI is InChI=1S/C11H19N3/c1-4-9(7-12)11-13-8(3)6-10(5-2)14-11/h6,9H,4-5,7,12H2,1-3H3. The Balaban J connectivity index is 3.01. The van der Waals surface area contributed by atoms with E-state index < -0.39 is 0 Å². The molecular weight excluding hydrogens is 174 g/mol. The van der Waals surface area contributed by atoms with Gasteiger partial charge in [-0.05, 0) is 25.8 Å². The van der Waals surface area contributed by atoms with Crippen LogP contribution in [0.1, 0.15) is 43.4 Å². The average molecular weight is 193 g/mol. The molecule has 0 aliphatic rings. The minimum atomic E-state index is 0.306. The van der Waals surface area contributed by atoms with Crippen LogP contribution in [-0.2, 0) is 6.42 Å². The van der Waals surface area contributed by atoms with Gasteiger partial charge in [0.2, 0.25) is 0 Å². The first kappa shape index (κ1) is 11.1. The van der Waals surface area contributed by atoms with Crippen LogP contribution in [0.2, 0.25) is 0 Å². The molecular formula is C11H19N3. The van der Waals surface area contributed by atoms with Crippen molar-refractivity contribution < 1.29 is 0 Å². The third kappa shape index (κ3) is 2.51. The predicted molar refractivity (Wildman–Crippen MR) is 58.2 cm³/mol. The summed E-state index contributed by atoms with van der Waals surface area (Å²) >= 11 is 0. The lowest BCUT2D eigenvalue weighted by Crippen LogP contribution is -2.15. The molecule has 3 heteroatoms. The zero-order valence-corrected chi connectivity index (χ0v) is 9.25. The molecule has 3 nitrogen and oxygen atoms in total. The summed E-state index contributed by atoms with van der Waals surface area (Å²) in [4.78, 5) is 8.94. The van der Waals surface area contributed by atoms with Crippen LogP contribution in [0, 0.1) is 6.92 Å². The molecule has 1 rings (SSSR count). The molecule has 0 bridgehead atoms. The van der Waals surface area contributed by atoms with Gasteiger partial charge in [-0.3, -0.25) is 0 Å². The zero-order chi connectivity index (χ0) is 10.6. The highest BCUT2D eigenvalue weighted by atomic mass is 14.9. The number of nitrogens with zero attached hydrogens (tertiary/aromatic N) is 2. The third-order valence-electron chi connectivity index (χ3n) is 2.43. The fraction of sp³-hybridized carbons (Fsp3) is 0.636. The van der Waals surface area contributed by atoms with E-state index in [9.17, 15) is 0 Å². The molecule has 2 N–H and O–H groups in total. The lowest BCUT2D eigenvalue weighted by atomic mass is 10.1. The van der Waals surface area contributed by atoms with Gasteiger partial charge in [-0.2, -0.15) is 0 Å². The van der Waals surface area contributed by atoms with E-state index in [1.165, 1.54) is 0 Å². The quantitative estimate of drug-likeness (QED) is 0.793. The van der Waals surface area contributed by atoms with Gasteiger partial charge in [0.05, 0.1) is 0 Å². The Labute approximate surface area is 85.8 Å². The van der Waals surface area contributed by atoms with Crippen molar-refractivity contribution in [1.82, 2.24) is 9.97 Å². The summed E-state index contributed by atoms with van der Waals surface area (Å²) < 4.78 is 0. The summed E-state index contributed by atoms with van der Waals surface area (Å²) in [6.45, 7) is 6.86. The molecule has 14 heavy (non-hydrogen) atoms. The topological polar surface area (TPSA) is 51.8 Å². The summed E-state index contributed by atoms with van der Waals surface area (Å²) in [6, 6.07) is 2.03. The Bertz CT molecular complexity index is 293. The molecule has 0 fully saturated rings. The van der Waals surface area contributed by atoms with Crippen molar-refractivity contribution in [3.05, 3.63) is 23.3 Å². The van der Waals surface area contributed by atoms with Crippen molar-refractivity contribution in [3.8, 4) is 0 Å². The molecule has 0 aromatic carbocycles. The van der Waals surface area contributed by atoms with Gasteiger partial charge in [-0.15, -0.1) is 0 Å². The van der Waals surface area contributed by atoms with Gasteiger partial charge in [-0.25, -0.2) is 9.97 Å². The lowest BCUT2D eigenvalue weighted by molar-refractivity contribution is 0.623. The lowest BCUT2D eigenvalue weighted by Gasteiger charge is -2.12. The van der Waals surface area contributed by atoms with E-state index in [4.69, 9.17) is 5.73 Å². The molecule has 1 aromatic heterocycles. The Kier molecular flexibility index (Phi) is 4.01. The minimum Gasteiger partial charge on any atom is -0.330 e. The van der Waals surface area contributed by atoms with Crippen LogP contribution in [0.25, 0.3) is 0 Å². The second-order valence-corrected chi connectivity index (χ2v) is 3.55. The first-order valence-electron chi connectivity index (χ1n) is 5.25. The van der Waals surface area contributed by atoms with Crippen LogP contribution in [0.3, 0.4) is 0 Å². The smallest absolute Gasteiger partial charge is 0.133 e.